The highest BCUT2D eigenvalue weighted by Gasteiger charge is 2.07. The largest absolute Gasteiger partial charge is 0.365 e. The van der Waals surface area contributed by atoms with Crippen molar-refractivity contribution in [1.29, 1.82) is 0 Å². The molecule has 0 saturated carbocycles. The number of nitrogens with one attached hydrogen (secondary N) is 1. The van der Waals surface area contributed by atoms with E-state index in [0.29, 0.717) is 6.04 Å². The zero-order chi connectivity index (χ0) is 11.4. The van der Waals surface area contributed by atoms with Gasteiger partial charge in [0.2, 0.25) is 0 Å². The van der Waals surface area contributed by atoms with E-state index in [2.05, 4.69) is 34.6 Å². The molecule has 0 radical (unpaired) electrons. The van der Waals surface area contributed by atoms with Crippen molar-refractivity contribution in [2.24, 2.45) is 0 Å². The Morgan fingerprint density at radius 3 is 3.00 bits per heavy atom. The Morgan fingerprint density at radius 1 is 1.53 bits per heavy atom. The summed E-state index contributed by atoms with van der Waals surface area (Å²) >= 11 is 1.62. The molecule has 0 aliphatic carbocycles. The Balaban J connectivity index is 0.00000144. The molecule has 94 valence electrons. The van der Waals surface area contributed by atoms with Gasteiger partial charge in [-0.3, -0.25) is 0 Å². The highest BCUT2D eigenvalue weighted by molar-refractivity contribution is 7.07. The predicted molar refractivity (Wildman–Crippen MR) is 73.9 cm³/mol. The first-order chi connectivity index (χ1) is 7.81. The molecule has 0 saturated heterocycles. The van der Waals surface area contributed by atoms with Crippen LogP contribution >= 0.6 is 23.7 Å². The van der Waals surface area contributed by atoms with E-state index in [4.69, 9.17) is 0 Å². The maximum absolute atomic E-state index is 4.32. The zero-order valence-electron chi connectivity index (χ0n) is 9.96. The summed E-state index contributed by atoms with van der Waals surface area (Å²) in [6, 6.07) is 2.42. The number of thiazole rings is 1. The minimum absolute atomic E-state index is 0. The smallest absolute Gasteiger partial charge is 0.124 e. The number of rotatable bonds is 5. The fraction of sp³-hybridized carbons (Fsp3) is 0.455. The van der Waals surface area contributed by atoms with Crippen LogP contribution in [0, 0.1) is 0 Å². The van der Waals surface area contributed by atoms with Crippen LogP contribution in [0.3, 0.4) is 0 Å². The average molecular weight is 273 g/mol. The van der Waals surface area contributed by atoms with Crippen LogP contribution < -0.4 is 5.32 Å². The molecule has 0 fully saturated rings. The van der Waals surface area contributed by atoms with Crippen LogP contribution in [-0.2, 0) is 6.54 Å². The van der Waals surface area contributed by atoms with Crippen molar-refractivity contribution in [3.8, 4) is 0 Å². The molecule has 2 heterocycles. The number of halogens is 1. The monoisotopic (exact) mass is 272 g/mol. The molecule has 0 aliphatic rings. The van der Waals surface area contributed by atoms with E-state index in [0.717, 1.165) is 24.5 Å². The maximum atomic E-state index is 4.32. The van der Waals surface area contributed by atoms with E-state index in [-0.39, 0.29) is 12.4 Å². The predicted octanol–water partition coefficient (Wildman–Crippen LogP) is 3.34. The van der Waals surface area contributed by atoms with E-state index in [1.165, 1.54) is 0 Å². The molecule has 1 N–H and O–H groups in total. The minimum atomic E-state index is 0. The normalized spacial score (nSPS) is 11.9. The summed E-state index contributed by atoms with van der Waals surface area (Å²) in [5.41, 5.74) is 2.92. The molecule has 0 aromatic carbocycles. The van der Waals surface area contributed by atoms with Crippen molar-refractivity contribution < 1.29 is 0 Å². The summed E-state index contributed by atoms with van der Waals surface area (Å²) in [4.78, 5) is 4.24. The van der Waals surface area contributed by atoms with Crippen molar-refractivity contribution in [3.63, 3.8) is 0 Å². The van der Waals surface area contributed by atoms with Crippen molar-refractivity contribution in [1.82, 2.24) is 14.8 Å². The molecule has 2 aromatic heterocycles. The Kier molecular flexibility index (Phi) is 5.44. The molecule has 1 atom stereocenters. The van der Waals surface area contributed by atoms with Crippen molar-refractivity contribution in [3.05, 3.63) is 28.8 Å². The Hall–Kier alpha value is -1.07. The molecule has 0 amide bonds. The third-order valence-corrected chi connectivity index (χ3v) is 3.25. The van der Waals surface area contributed by atoms with Gasteiger partial charge in [-0.05, 0) is 13.3 Å². The number of nitrogens with zero attached hydrogens (tertiary/aromatic N) is 3. The highest BCUT2D eigenvalue weighted by atomic mass is 35.5. The second-order valence-electron chi connectivity index (χ2n) is 3.75. The summed E-state index contributed by atoms with van der Waals surface area (Å²) < 4.78 is 2.02. The van der Waals surface area contributed by atoms with Crippen LogP contribution in [0.4, 0.5) is 5.82 Å². The van der Waals surface area contributed by atoms with Gasteiger partial charge >= 0.3 is 0 Å². The molecule has 6 heteroatoms. The maximum Gasteiger partial charge on any atom is 0.124 e. The third kappa shape index (κ3) is 3.44. The molecule has 0 aliphatic heterocycles. The fourth-order valence-electron chi connectivity index (χ4n) is 1.48. The number of aromatic nitrogens is 3. The highest BCUT2D eigenvalue weighted by Crippen LogP contribution is 2.17. The van der Waals surface area contributed by atoms with Gasteiger partial charge in [0.05, 0.1) is 30.0 Å². The number of anilines is 1. The first-order valence-electron chi connectivity index (χ1n) is 5.45. The lowest BCUT2D eigenvalue weighted by atomic mass is 10.3. The van der Waals surface area contributed by atoms with E-state index in [9.17, 15) is 0 Å². The van der Waals surface area contributed by atoms with Crippen LogP contribution in [0.15, 0.2) is 23.2 Å². The van der Waals surface area contributed by atoms with Gasteiger partial charge in [-0.25, -0.2) is 9.67 Å². The fourth-order valence-corrected chi connectivity index (χ4v) is 2.04. The quantitative estimate of drug-likeness (QED) is 0.908. The van der Waals surface area contributed by atoms with Crippen molar-refractivity contribution in [2.75, 3.05) is 5.32 Å². The first-order valence-corrected chi connectivity index (χ1v) is 6.40. The zero-order valence-corrected chi connectivity index (χ0v) is 11.6. The average Bonchev–Trinajstić information content (AvgIpc) is 2.96. The second-order valence-corrected chi connectivity index (χ2v) is 4.47. The van der Waals surface area contributed by atoms with E-state index >= 15 is 0 Å². The number of hydrogen-bond donors (Lipinski definition) is 1. The van der Waals surface area contributed by atoms with Gasteiger partial charge < -0.3 is 5.32 Å². The van der Waals surface area contributed by atoms with Crippen LogP contribution in [0.1, 0.15) is 32.0 Å². The van der Waals surface area contributed by atoms with Crippen LogP contribution in [0.5, 0.6) is 0 Å². The second kappa shape index (κ2) is 6.61. The molecule has 2 rings (SSSR count). The third-order valence-electron chi connectivity index (χ3n) is 2.61. The van der Waals surface area contributed by atoms with Gasteiger partial charge in [0.15, 0.2) is 0 Å². The van der Waals surface area contributed by atoms with Gasteiger partial charge in [-0.2, -0.15) is 5.10 Å². The summed E-state index contributed by atoms with van der Waals surface area (Å²) in [6.07, 6.45) is 2.91. The lowest BCUT2D eigenvalue weighted by molar-refractivity contribution is 0.482. The van der Waals surface area contributed by atoms with Gasteiger partial charge in [0.1, 0.15) is 5.82 Å². The van der Waals surface area contributed by atoms with Gasteiger partial charge in [-0.15, -0.1) is 23.7 Å². The van der Waals surface area contributed by atoms with Gasteiger partial charge in [0, 0.05) is 11.4 Å². The molecule has 0 bridgehead atoms. The Labute approximate surface area is 111 Å². The van der Waals surface area contributed by atoms with Gasteiger partial charge in [-0.1, -0.05) is 6.92 Å². The topological polar surface area (TPSA) is 42.7 Å². The van der Waals surface area contributed by atoms with Crippen LogP contribution in [0.2, 0.25) is 0 Å². The first kappa shape index (κ1) is 14.0. The Morgan fingerprint density at radius 2 is 2.35 bits per heavy atom. The molecule has 0 spiro atoms. The summed E-state index contributed by atoms with van der Waals surface area (Å²) in [7, 11) is 0. The minimum Gasteiger partial charge on any atom is -0.365 e. The van der Waals surface area contributed by atoms with E-state index in [1.807, 2.05) is 22.5 Å². The Bertz CT molecular complexity index is 426. The lowest BCUT2D eigenvalue weighted by Crippen LogP contribution is -2.11. The van der Waals surface area contributed by atoms with Crippen molar-refractivity contribution in [2.45, 2.75) is 32.9 Å². The lowest BCUT2D eigenvalue weighted by Gasteiger charge is -2.14. The molecule has 2 aromatic rings. The molecule has 17 heavy (non-hydrogen) atoms. The summed E-state index contributed by atoms with van der Waals surface area (Å²) in [5.74, 6) is 1.06. The standard InChI is InChI=1S/C11H16N4S.ClH/c1-3-9(2)15-11(4-5-14-15)12-6-10-7-16-8-13-10;/h4-5,7-9,12H,3,6H2,1-2H3;1H. The summed E-state index contributed by atoms with van der Waals surface area (Å²) in [6.45, 7) is 5.09. The summed E-state index contributed by atoms with van der Waals surface area (Å²) in [5, 5.41) is 9.73. The SMILES string of the molecule is CCC(C)n1nccc1NCc1cscn1.Cl. The molecule has 4 nitrogen and oxygen atoms in total. The van der Waals surface area contributed by atoms with E-state index in [1.54, 1.807) is 11.3 Å². The van der Waals surface area contributed by atoms with Crippen LogP contribution in [0.25, 0.3) is 0 Å². The van der Waals surface area contributed by atoms with Crippen molar-refractivity contribution >= 4 is 29.6 Å². The van der Waals surface area contributed by atoms with E-state index < -0.39 is 0 Å². The molecule has 1 unspecified atom stereocenters. The molecular formula is C11H17ClN4S. The number of hydrogen-bond acceptors (Lipinski definition) is 4. The van der Waals surface area contributed by atoms with Gasteiger partial charge in [0.25, 0.3) is 0 Å². The van der Waals surface area contributed by atoms with Crippen LogP contribution in [-0.4, -0.2) is 14.8 Å². The molecular weight excluding hydrogens is 256 g/mol.